The predicted octanol–water partition coefficient (Wildman–Crippen LogP) is 5.81. The summed E-state index contributed by atoms with van der Waals surface area (Å²) in [6.07, 6.45) is 1.90. The Hall–Kier alpha value is -2.35. The summed E-state index contributed by atoms with van der Waals surface area (Å²) in [5.41, 5.74) is 1.84. The van der Waals surface area contributed by atoms with Gasteiger partial charge in [-0.25, -0.2) is 14.8 Å². The highest BCUT2D eigenvalue weighted by molar-refractivity contribution is 6.36. The standard InChI is InChI=1S/C23H26Cl2N4O3/c1-5-16-11-28(22(30)32-23(2,3)4)18(12-31-16)14-6-8-15(9-7-14)29-19(24)10-17-20(25)26-13-27-21(17)29/h6-10,13,16,18H,5,11-12H2,1-4H3/t16-,18-/m0/s1. The molecule has 1 amide bonds. The van der Waals surface area contributed by atoms with Gasteiger partial charge in [-0.15, -0.1) is 0 Å². The van der Waals surface area contributed by atoms with Crippen molar-refractivity contribution in [2.75, 3.05) is 13.2 Å². The number of hydrogen-bond donors (Lipinski definition) is 0. The zero-order valence-corrected chi connectivity index (χ0v) is 20.0. The molecule has 0 aliphatic carbocycles. The fourth-order valence-corrected chi connectivity index (χ4v) is 4.28. The quantitative estimate of drug-likeness (QED) is 0.445. The van der Waals surface area contributed by atoms with Gasteiger partial charge in [0.15, 0.2) is 5.65 Å². The van der Waals surface area contributed by atoms with Gasteiger partial charge in [-0.05, 0) is 51.0 Å². The van der Waals surface area contributed by atoms with Crippen LogP contribution in [0.15, 0.2) is 36.7 Å². The Bertz CT molecular complexity index is 1120. The molecule has 3 aromatic rings. The van der Waals surface area contributed by atoms with Crippen LogP contribution in [-0.4, -0.2) is 50.4 Å². The number of fused-ring (bicyclic) bond motifs is 1. The number of benzene rings is 1. The van der Waals surface area contributed by atoms with Crippen molar-refractivity contribution in [1.82, 2.24) is 19.4 Å². The van der Waals surface area contributed by atoms with Crippen molar-refractivity contribution >= 4 is 40.3 Å². The molecule has 0 bridgehead atoms. The molecular formula is C23H26Cl2N4O3. The van der Waals surface area contributed by atoms with Crippen LogP contribution in [-0.2, 0) is 9.47 Å². The lowest BCUT2D eigenvalue weighted by molar-refractivity contribution is -0.0716. The molecule has 3 heterocycles. The third kappa shape index (κ3) is 4.56. The Balaban J connectivity index is 1.65. The van der Waals surface area contributed by atoms with Gasteiger partial charge in [0, 0.05) is 5.69 Å². The lowest BCUT2D eigenvalue weighted by atomic mass is 10.0. The minimum atomic E-state index is -0.569. The first-order chi connectivity index (χ1) is 15.2. The fourth-order valence-electron chi connectivity index (χ4n) is 3.81. The van der Waals surface area contributed by atoms with Gasteiger partial charge in [-0.1, -0.05) is 42.3 Å². The van der Waals surface area contributed by atoms with Gasteiger partial charge in [0.2, 0.25) is 0 Å². The lowest BCUT2D eigenvalue weighted by Crippen LogP contribution is -2.49. The average molecular weight is 477 g/mol. The first kappa shape index (κ1) is 22.8. The molecular weight excluding hydrogens is 451 g/mol. The molecule has 7 nitrogen and oxygen atoms in total. The molecule has 1 aromatic carbocycles. The first-order valence-electron chi connectivity index (χ1n) is 10.6. The molecule has 1 saturated heterocycles. The summed E-state index contributed by atoms with van der Waals surface area (Å²) in [6, 6.07) is 9.33. The van der Waals surface area contributed by atoms with Gasteiger partial charge in [0.05, 0.1) is 30.7 Å². The van der Waals surface area contributed by atoms with Gasteiger partial charge in [0.1, 0.15) is 22.2 Å². The van der Waals surface area contributed by atoms with Gasteiger partial charge in [-0.3, -0.25) is 9.47 Å². The van der Waals surface area contributed by atoms with Crippen LogP contribution in [0.3, 0.4) is 0 Å². The molecule has 0 N–H and O–H groups in total. The van der Waals surface area contributed by atoms with Crippen molar-refractivity contribution in [3.05, 3.63) is 52.5 Å². The molecule has 0 saturated carbocycles. The molecule has 1 aliphatic rings. The van der Waals surface area contributed by atoms with Crippen molar-refractivity contribution in [1.29, 1.82) is 0 Å². The van der Waals surface area contributed by atoms with Crippen molar-refractivity contribution in [2.45, 2.75) is 51.9 Å². The van der Waals surface area contributed by atoms with E-state index in [1.54, 1.807) is 11.0 Å². The van der Waals surface area contributed by atoms with Crippen molar-refractivity contribution in [3.63, 3.8) is 0 Å². The third-order valence-corrected chi connectivity index (χ3v) is 5.97. The van der Waals surface area contributed by atoms with Gasteiger partial charge < -0.3 is 9.47 Å². The van der Waals surface area contributed by atoms with Crippen LogP contribution in [0.2, 0.25) is 10.3 Å². The molecule has 0 radical (unpaired) electrons. The molecule has 0 unspecified atom stereocenters. The summed E-state index contributed by atoms with van der Waals surface area (Å²) < 4.78 is 13.5. The maximum atomic E-state index is 12.9. The SMILES string of the molecule is CC[C@H]1CN(C(=O)OC(C)(C)C)[C@H](c2ccc(-n3c(Cl)cc4c(Cl)ncnc43)cc2)CO1. The highest BCUT2D eigenvalue weighted by Crippen LogP contribution is 2.32. The number of halogens is 2. The minimum absolute atomic E-state index is 0.00693. The van der Waals surface area contributed by atoms with Crippen LogP contribution in [0.1, 0.15) is 45.7 Å². The topological polar surface area (TPSA) is 69.5 Å². The van der Waals surface area contributed by atoms with E-state index in [4.69, 9.17) is 32.7 Å². The van der Waals surface area contributed by atoms with Crippen LogP contribution in [0.5, 0.6) is 0 Å². The van der Waals surface area contributed by atoms with Crippen molar-refractivity contribution < 1.29 is 14.3 Å². The molecule has 9 heteroatoms. The molecule has 2 atom stereocenters. The van der Waals surface area contributed by atoms with E-state index in [1.165, 1.54) is 6.33 Å². The number of nitrogens with zero attached hydrogens (tertiary/aromatic N) is 4. The number of hydrogen-bond acceptors (Lipinski definition) is 5. The largest absolute Gasteiger partial charge is 0.444 e. The molecule has 1 fully saturated rings. The van der Waals surface area contributed by atoms with E-state index in [0.29, 0.717) is 34.5 Å². The van der Waals surface area contributed by atoms with Crippen LogP contribution in [0.25, 0.3) is 16.7 Å². The highest BCUT2D eigenvalue weighted by atomic mass is 35.5. The monoisotopic (exact) mass is 476 g/mol. The third-order valence-electron chi connectivity index (χ3n) is 5.39. The minimum Gasteiger partial charge on any atom is -0.444 e. The molecule has 32 heavy (non-hydrogen) atoms. The predicted molar refractivity (Wildman–Crippen MR) is 125 cm³/mol. The number of ether oxygens (including phenoxy) is 2. The molecule has 2 aromatic heterocycles. The maximum Gasteiger partial charge on any atom is 0.410 e. The van der Waals surface area contributed by atoms with E-state index in [1.807, 2.05) is 56.5 Å². The van der Waals surface area contributed by atoms with Crippen molar-refractivity contribution in [2.24, 2.45) is 0 Å². The second-order valence-electron chi connectivity index (χ2n) is 8.81. The van der Waals surface area contributed by atoms with Crippen LogP contribution >= 0.6 is 23.2 Å². The van der Waals surface area contributed by atoms with E-state index >= 15 is 0 Å². The fraction of sp³-hybridized carbons (Fsp3) is 0.435. The van der Waals surface area contributed by atoms with Crippen molar-refractivity contribution in [3.8, 4) is 5.69 Å². The summed E-state index contributed by atoms with van der Waals surface area (Å²) in [7, 11) is 0. The van der Waals surface area contributed by atoms with Gasteiger partial charge >= 0.3 is 6.09 Å². The summed E-state index contributed by atoms with van der Waals surface area (Å²) in [6.45, 7) is 8.55. The molecule has 1 aliphatic heterocycles. The molecule has 0 spiro atoms. The molecule has 4 rings (SSSR count). The Morgan fingerprint density at radius 3 is 2.59 bits per heavy atom. The van der Waals surface area contributed by atoms with Crippen LogP contribution in [0, 0.1) is 0 Å². The Morgan fingerprint density at radius 2 is 1.94 bits per heavy atom. The zero-order valence-electron chi connectivity index (χ0n) is 18.5. The Morgan fingerprint density at radius 1 is 1.22 bits per heavy atom. The van der Waals surface area contributed by atoms with E-state index in [-0.39, 0.29) is 18.2 Å². The number of aromatic nitrogens is 3. The van der Waals surface area contributed by atoms with E-state index in [9.17, 15) is 4.79 Å². The normalized spacial score (nSPS) is 19.4. The van der Waals surface area contributed by atoms with Crippen LogP contribution in [0.4, 0.5) is 4.79 Å². The summed E-state index contributed by atoms with van der Waals surface area (Å²) in [5, 5.41) is 1.52. The van der Waals surface area contributed by atoms with E-state index in [2.05, 4.69) is 9.97 Å². The number of carbonyl (C=O) groups is 1. The maximum absolute atomic E-state index is 12.9. The second kappa shape index (κ2) is 8.89. The zero-order chi connectivity index (χ0) is 23.0. The Kier molecular flexibility index (Phi) is 6.34. The summed E-state index contributed by atoms with van der Waals surface area (Å²) >= 11 is 12.7. The highest BCUT2D eigenvalue weighted by Gasteiger charge is 2.35. The van der Waals surface area contributed by atoms with E-state index in [0.717, 1.165) is 17.7 Å². The molecule has 170 valence electrons. The van der Waals surface area contributed by atoms with Gasteiger partial charge in [0.25, 0.3) is 0 Å². The number of amides is 1. The lowest BCUT2D eigenvalue weighted by Gasteiger charge is -2.40. The second-order valence-corrected chi connectivity index (χ2v) is 9.55. The van der Waals surface area contributed by atoms with Gasteiger partial charge in [-0.2, -0.15) is 0 Å². The number of rotatable bonds is 3. The smallest absolute Gasteiger partial charge is 0.410 e. The summed E-state index contributed by atoms with van der Waals surface area (Å²) in [4.78, 5) is 23.0. The first-order valence-corrected chi connectivity index (χ1v) is 11.3. The number of carbonyl (C=O) groups excluding carboxylic acids is 1. The Labute approximate surface area is 197 Å². The average Bonchev–Trinajstić information content (AvgIpc) is 3.09. The van der Waals surface area contributed by atoms with Crippen LogP contribution < -0.4 is 0 Å². The summed E-state index contributed by atoms with van der Waals surface area (Å²) in [5.74, 6) is 0. The van der Waals surface area contributed by atoms with E-state index < -0.39 is 5.60 Å². The number of morpholine rings is 1.